The van der Waals surface area contributed by atoms with Crippen molar-refractivity contribution in [3.8, 4) is 0 Å². The summed E-state index contributed by atoms with van der Waals surface area (Å²) < 4.78 is 30.6. The van der Waals surface area contributed by atoms with Gasteiger partial charge in [-0.25, -0.2) is 4.57 Å². The molecule has 0 aliphatic rings. The molecule has 1 amide bonds. The number of likely N-dealkylation sites (N-methyl/N-ethyl adjacent to an activating group) is 1. The molecule has 0 heterocycles. The first kappa shape index (κ1) is 65.8. The molecule has 0 saturated carbocycles. The Hall–Kier alpha value is -1.25. The van der Waals surface area contributed by atoms with Crippen LogP contribution in [0.5, 0.6) is 0 Å². The average Bonchev–Trinajstić information content (AvgIpc) is 3.28. The van der Waals surface area contributed by atoms with Crippen LogP contribution in [0.4, 0.5) is 0 Å². The smallest absolute Gasteiger partial charge is 0.456 e. The SMILES string of the molecule is CCCCCCCCCCCCC/C=C/C(OC(=O)CCCCCCCCCCCCCCCC)C(COP(=O)(O)OCC[N+](C)(C)C)NC(=O)CCCCCCCCCCCCCCCC. The van der Waals surface area contributed by atoms with Gasteiger partial charge in [0.2, 0.25) is 5.91 Å². The quantitative estimate of drug-likeness (QED) is 0.0205. The van der Waals surface area contributed by atoms with Crippen LogP contribution in [-0.4, -0.2) is 74.3 Å². The fourth-order valence-corrected chi connectivity index (χ4v) is 9.44. The number of amides is 1. The normalized spacial score (nSPS) is 13.8. The van der Waals surface area contributed by atoms with E-state index in [1.54, 1.807) is 0 Å². The van der Waals surface area contributed by atoms with Crippen molar-refractivity contribution >= 4 is 19.7 Å². The van der Waals surface area contributed by atoms with Gasteiger partial charge in [0, 0.05) is 12.8 Å². The van der Waals surface area contributed by atoms with Crippen molar-refractivity contribution in [3.63, 3.8) is 0 Å². The molecule has 3 atom stereocenters. The molecule has 0 spiro atoms. The van der Waals surface area contributed by atoms with Crippen molar-refractivity contribution in [2.45, 2.75) is 303 Å². The average molecular weight is 971 g/mol. The standard InChI is InChI=1S/C57H113N2O7P/c1-7-10-13-16-19-22-25-28-31-34-37-40-43-46-49-56(60)58-54(53-65-67(62,63)64-52-51-59(4,5)6)55(48-45-42-39-36-33-30-27-24-21-18-15-12-9-3)66-57(61)50-47-44-41-38-35-32-29-26-23-20-17-14-11-8-2/h45,48,54-55H,7-44,46-47,49-53H2,1-6H3,(H-,58,60,62,63)/p+1/b48-45+. The van der Waals surface area contributed by atoms with Crippen molar-refractivity contribution in [2.75, 3.05) is 40.9 Å². The summed E-state index contributed by atoms with van der Waals surface area (Å²) in [5.74, 6) is -0.487. The van der Waals surface area contributed by atoms with Gasteiger partial charge in [0.1, 0.15) is 19.3 Å². The van der Waals surface area contributed by atoms with Gasteiger partial charge >= 0.3 is 13.8 Å². The summed E-state index contributed by atoms with van der Waals surface area (Å²) >= 11 is 0. The zero-order valence-corrected chi connectivity index (χ0v) is 46.3. The van der Waals surface area contributed by atoms with E-state index < -0.39 is 20.0 Å². The third-order valence-electron chi connectivity index (χ3n) is 13.2. The van der Waals surface area contributed by atoms with Crippen LogP contribution in [0.15, 0.2) is 12.2 Å². The van der Waals surface area contributed by atoms with Gasteiger partial charge in [-0.2, -0.15) is 0 Å². The molecule has 2 N–H and O–H groups in total. The predicted octanol–water partition coefficient (Wildman–Crippen LogP) is 17.2. The summed E-state index contributed by atoms with van der Waals surface area (Å²) in [4.78, 5) is 37.6. The summed E-state index contributed by atoms with van der Waals surface area (Å²) in [5, 5.41) is 3.06. The Morgan fingerprint density at radius 3 is 1.22 bits per heavy atom. The van der Waals surface area contributed by atoms with Gasteiger partial charge in [-0.1, -0.05) is 258 Å². The first-order valence-electron chi connectivity index (χ1n) is 29.0. The minimum atomic E-state index is -4.43. The van der Waals surface area contributed by atoms with E-state index in [1.807, 2.05) is 33.3 Å². The van der Waals surface area contributed by atoms with Crippen LogP contribution in [0.1, 0.15) is 290 Å². The number of phosphoric acid groups is 1. The van der Waals surface area contributed by atoms with E-state index in [-0.39, 0.29) is 25.1 Å². The van der Waals surface area contributed by atoms with Gasteiger partial charge in [0.15, 0.2) is 0 Å². The number of ether oxygens (including phenoxy) is 1. The van der Waals surface area contributed by atoms with Gasteiger partial charge in [-0.05, 0) is 31.8 Å². The van der Waals surface area contributed by atoms with Gasteiger partial charge in [0.25, 0.3) is 0 Å². The molecule has 0 radical (unpaired) electrons. The van der Waals surface area contributed by atoms with E-state index in [0.29, 0.717) is 23.9 Å². The number of nitrogens with zero attached hydrogens (tertiary/aromatic N) is 1. The maximum absolute atomic E-state index is 13.5. The molecule has 67 heavy (non-hydrogen) atoms. The Labute approximate surface area is 416 Å². The number of phosphoric ester groups is 1. The summed E-state index contributed by atoms with van der Waals surface area (Å²) in [5.41, 5.74) is 0. The second-order valence-electron chi connectivity index (χ2n) is 21.2. The van der Waals surface area contributed by atoms with E-state index in [9.17, 15) is 19.0 Å². The summed E-state index contributed by atoms with van der Waals surface area (Å²) in [6.45, 7) is 7.05. The number of carbonyl (C=O) groups excluding carboxylic acids is 2. The number of esters is 1. The molecule has 0 aliphatic carbocycles. The van der Waals surface area contributed by atoms with E-state index in [0.717, 1.165) is 57.8 Å². The highest BCUT2D eigenvalue weighted by Crippen LogP contribution is 2.43. The Morgan fingerprint density at radius 2 is 0.851 bits per heavy atom. The molecule has 0 bridgehead atoms. The molecular formula is C57H114N2O7P+. The number of allylic oxidation sites excluding steroid dienone is 1. The Kier molecular flexibility index (Phi) is 47.5. The molecule has 0 rings (SSSR count). The second kappa shape index (κ2) is 48.4. The molecule has 0 fully saturated rings. The van der Waals surface area contributed by atoms with Crippen LogP contribution in [0.3, 0.4) is 0 Å². The maximum atomic E-state index is 13.5. The van der Waals surface area contributed by atoms with Crippen LogP contribution < -0.4 is 5.32 Å². The van der Waals surface area contributed by atoms with E-state index >= 15 is 0 Å². The first-order chi connectivity index (χ1) is 32.4. The van der Waals surface area contributed by atoms with Crippen molar-refractivity contribution < 1.29 is 37.3 Å². The van der Waals surface area contributed by atoms with Crippen LogP contribution in [0, 0.1) is 0 Å². The van der Waals surface area contributed by atoms with Crippen LogP contribution in [0.2, 0.25) is 0 Å². The monoisotopic (exact) mass is 970 g/mol. The van der Waals surface area contributed by atoms with Crippen molar-refractivity contribution in [1.82, 2.24) is 5.32 Å². The third kappa shape index (κ3) is 49.5. The topological polar surface area (TPSA) is 111 Å². The lowest BCUT2D eigenvalue weighted by molar-refractivity contribution is -0.870. The van der Waals surface area contributed by atoms with Gasteiger partial charge in [-0.15, -0.1) is 0 Å². The molecule has 0 aromatic heterocycles. The number of rotatable bonds is 53. The minimum Gasteiger partial charge on any atom is -0.456 e. The van der Waals surface area contributed by atoms with E-state index in [1.165, 1.54) is 199 Å². The van der Waals surface area contributed by atoms with Gasteiger partial charge in [0.05, 0.1) is 33.8 Å². The van der Waals surface area contributed by atoms with Gasteiger partial charge in [-0.3, -0.25) is 18.6 Å². The van der Waals surface area contributed by atoms with Gasteiger partial charge < -0.3 is 19.4 Å². The van der Waals surface area contributed by atoms with Crippen LogP contribution in [-0.2, 0) is 27.9 Å². The number of quaternary nitrogens is 1. The third-order valence-corrected chi connectivity index (χ3v) is 14.2. The molecule has 0 aromatic rings. The van der Waals surface area contributed by atoms with Crippen molar-refractivity contribution in [3.05, 3.63) is 12.2 Å². The van der Waals surface area contributed by atoms with Crippen LogP contribution >= 0.6 is 7.82 Å². The highest BCUT2D eigenvalue weighted by molar-refractivity contribution is 7.47. The number of hydrogen-bond donors (Lipinski definition) is 2. The summed E-state index contributed by atoms with van der Waals surface area (Å²) in [6.07, 6.45) is 53.3. The summed E-state index contributed by atoms with van der Waals surface area (Å²) in [7, 11) is 1.51. The molecule has 0 aliphatic heterocycles. The number of nitrogens with one attached hydrogen (secondary N) is 1. The Bertz CT molecular complexity index is 1160. The second-order valence-corrected chi connectivity index (χ2v) is 22.6. The zero-order chi connectivity index (χ0) is 49.4. The molecule has 398 valence electrons. The van der Waals surface area contributed by atoms with E-state index in [2.05, 4.69) is 26.1 Å². The number of hydrogen-bond acceptors (Lipinski definition) is 6. The summed E-state index contributed by atoms with van der Waals surface area (Å²) in [6, 6.07) is -0.838. The lowest BCUT2D eigenvalue weighted by Gasteiger charge is -2.27. The maximum Gasteiger partial charge on any atom is 0.472 e. The molecule has 10 heteroatoms. The lowest BCUT2D eigenvalue weighted by atomic mass is 10.0. The first-order valence-corrected chi connectivity index (χ1v) is 30.5. The molecule has 9 nitrogen and oxygen atoms in total. The minimum absolute atomic E-state index is 0.0455. The molecular weight excluding hydrogens is 856 g/mol. The lowest BCUT2D eigenvalue weighted by Crippen LogP contribution is -2.47. The van der Waals surface area contributed by atoms with E-state index in [4.69, 9.17) is 13.8 Å². The molecule has 3 unspecified atom stereocenters. The number of carbonyl (C=O) groups is 2. The molecule has 0 aromatic carbocycles. The fourth-order valence-electron chi connectivity index (χ4n) is 8.71. The zero-order valence-electron chi connectivity index (χ0n) is 45.4. The highest BCUT2D eigenvalue weighted by atomic mass is 31.2. The number of unbranched alkanes of at least 4 members (excludes halogenated alkanes) is 37. The fraction of sp³-hybridized carbons (Fsp3) is 0.930. The Balaban J connectivity index is 5.34. The van der Waals surface area contributed by atoms with Crippen molar-refractivity contribution in [1.29, 1.82) is 0 Å². The Morgan fingerprint density at radius 1 is 0.507 bits per heavy atom. The van der Waals surface area contributed by atoms with Crippen molar-refractivity contribution in [2.24, 2.45) is 0 Å². The molecule has 0 saturated heterocycles. The highest BCUT2D eigenvalue weighted by Gasteiger charge is 2.30. The van der Waals surface area contributed by atoms with Crippen LogP contribution in [0.25, 0.3) is 0 Å². The largest absolute Gasteiger partial charge is 0.472 e. The predicted molar refractivity (Wildman–Crippen MR) is 287 cm³/mol.